The van der Waals surface area contributed by atoms with E-state index in [9.17, 15) is 9.59 Å². The van der Waals surface area contributed by atoms with Crippen molar-refractivity contribution in [2.24, 2.45) is 0 Å². The molecule has 1 spiro atoms. The third-order valence-corrected chi connectivity index (χ3v) is 6.27. The lowest BCUT2D eigenvalue weighted by molar-refractivity contribution is -0.131. The van der Waals surface area contributed by atoms with Gasteiger partial charge in [0.1, 0.15) is 5.60 Å². The predicted octanol–water partition coefficient (Wildman–Crippen LogP) is 3.18. The van der Waals surface area contributed by atoms with Gasteiger partial charge in [-0.05, 0) is 25.5 Å². The van der Waals surface area contributed by atoms with Crippen LogP contribution in [0.4, 0.5) is 4.79 Å². The van der Waals surface area contributed by atoms with E-state index >= 15 is 0 Å². The van der Waals surface area contributed by atoms with Crippen molar-refractivity contribution in [3.8, 4) is 0 Å². The van der Waals surface area contributed by atoms with Gasteiger partial charge in [-0.2, -0.15) is 0 Å². The largest absolute Gasteiger partial charge is 0.441 e. The lowest BCUT2D eigenvalue weighted by atomic mass is 9.91. The van der Waals surface area contributed by atoms with Gasteiger partial charge in [0, 0.05) is 49.3 Å². The number of hydrogen-bond donors (Lipinski definition) is 0. The molecule has 2 amide bonds. The maximum absolute atomic E-state index is 12.5. The molecule has 0 unspecified atom stereocenters. The third-order valence-electron chi connectivity index (χ3n) is 5.27. The zero-order valence-electron chi connectivity index (χ0n) is 15.5. The zero-order chi connectivity index (χ0) is 18.6. The SMILES string of the molecule is CCC[C@H](C)N1CC2(CCN(C(=O)CSc3ccncc3)CC2)OC1=O. The Labute approximate surface area is 159 Å². The monoisotopic (exact) mass is 377 g/mol. The Kier molecular flexibility index (Phi) is 6.06. The maximum atomic E-state index is 12.5. The molecule has 3 heterocycles. The van der Waals surface area contributed by atoms with Gasteiger partial charge in [-0.25, -0.2) is 4.79 Å². The fourth-order valence-corrected chi connectivity index (χ4v) is 4.44. The minimum absolute atomic E-state index is 0.141. The highest BCUT2D eigenvalue weighted by molar-refractivity contribution is 8.00. The second-order valence-electron chi connectivity index (χ2n) is 7.17. The van der Waals surface area contributed by atoms with Gasteiger partial charge in [0.2, 0.25) is 5.91 Å². The Morgan fingerprint density at radius 1 is 1.35 bits per heavy atom. The maximum Gasteiger partial charge on any atom is 0.410 e. The number of pyridine rings is 1. The molecule has 0 bridgehead atoms. The number of aromatic nitrogens is 1. The number of carbonyl (C=O) groups is 2. The fourth-order valence-electron chi connectivity index (χ4n) is 3.66. The number of rotatable bonds is 6. The standard InChI is InChI=1S/C19H27N3O3S/c1-3-4-15(2)22-14-19(25-18(22)24)7-11-21(12-8-19)17(23)13-26-16-5-9-20-10-6-16/h5-6,9-10,15H,3-4,7-8,11-14H2,1-2H3/t15-/m0/s1. The van der Waals surface area contributed by atoms with Crippen molar-refractivity contribution in [3.05, 3.63) is 24.5 Å². The molecule has 0 N–H and O–H groups in total. The molecule has 0 aliphatic carbocycles. The molecule has 2 saturated heterocycles. The van der Waals surface area contributed by atoms with E-state index in [0.717, 1.165) is 30.6 Å². The second-order valence-corrected chi connectivity index (χ2v) is 8.22. The van der Waals surface area contributed by atoms with Crippen LogP contribution in [-0.2, 0) is 9.53 Å². The molecule has 1 atom stereocenters. The van der Waals surface area contributed by atoms with E-state index in [1.54, 1.807) is 12.4 Å². The van der Waals surface area contributed by atoms with Crippen LogP contribution in [0.25, 0.3) is 0 Å². The fraction of sp³-hybridized carbons (Fsp3) is 0.632. The summed E-state index contributed by atoms with van der Waals surface area (Å²) < 4.78 is 5.76. The average molecular weight is 378 g/mol. The Morgan fingerprint density at radius 2 is 2.04 bits per heavy atom. The molecule has 3 rings (SSSR count). The van der Waals surface area contributed by atoms with Crippen LogP contribution in [0.1, 0.15) is 39.5 Å². The van der Waals surface area contributed by atoms with Gasteiger partial charge in [0.05, 0.1) is 12.3 Å². The van der Waals surface area contributed by atoms with Crippen LogP contribution in [0, 0.1) is 0 Å². The summed E-state index contributed by atoms with van der Waals surface area (Å²) in [4.78, 5) is 33.5. The van der Waals surface area contributed by atoms with Gasteiger partial charge < -0.3 is 14.5 Å². The quantitative estimate of drug-likeness (QED) is 0.713. The van der Waals surface area contributed by atoms with Gasteiger partial charge >= 0.3 is 6.09 Å². The predicted molar refractivity (Wildman–Crippen MR) is 101 cm³/mol. The van der Waals surface area contributed by atoms with Gasteiger partial charge in [0.25, 0.3) is 0 Å². The molecule has 142 valence electrons. The normalized spacial score (nSPS) is 20.3. The summed E-state index contributed by atoms with van der Waals surface area (Å²) in [5.74, 6) is 0.568. The molecular weight excluding hydrogens is 350 g/mol. The molecule has 2 aliphatic heterocycles. The Morgan fingerprint density at radius 3 is 2.69 bits per heavy atom. The summed E-state index contributed by atoms with van der Waals surface area (Å²) in [6.07, 6.45) is 6.75. The van der Waals surface area contributed by atoms with Crippen LogP contribution in [0.15, 0.2) is 29.4 Å². The molecule has 26 heavy (non-hydrogen) atoms. The summed E-state index contributed by atoms with van der Waals surface area (Å²) in [5.41, 5.74) is -0.409. The first kappa shape index (κ1) is 19.0. The molecule has 0 saturated carbocycles. The highest BCUT2D eigenvalue weighted by atomic mass is 32.2. The summed E-state index contributed by atoms with van der Waals surface area (Å²) in [5, 5.41) is 0. The molecule has 2 fully saturated rings. The zero-order valence-corrected chi connectivity index (χ0v) is 16.3. The van der Waals surface area contributed by atoms with Crippen LogP contribution >= 0.6 is 11.8 Å². The average Bonchev–Trinajstić information content (AvgIpc) is 2.97. The smallest absolute Gasteiger partial charge is 0.410 e. The van der Waals surface area contributed by atoms with E-state index in [4.69, 9.17) is 4.74 Å². The molecule has 1 aromatic rings. The van der Waals surface area contributed by atoms with Crippen molar-refractivity contribution in [2.45, 2.75) is 56.1 Å². The Hall–Kier alpha value is -1.76. The van der Waals surface area contributed by atoms with E-state index in [2.05, 4.69) is 18.8 Å². The van der Waals surface area contributed by atoms with Crippen molar-refractivity contribution < 1.29 is 14.3 Å². The van der Waals surface area contributed by atoms with E-state index in [1.807, 2.05) is 21.9 Å². The number of hydrogen-bond acceptors (Lipinski definition) is 5. The van der Waals surface area contributed by atoms with Crippen molar-refractivity contribution >= 4 is 23.8 Å². The van der Waals surface area contributed by atoms with Gasteiger partial charge in [-0.3, -0.25) is 9.78 Å². The molecule has 0 aromatic carbocycles. The molecule has 6 nitrogen and oxygen atoms in total. The Bertz CT molecular complexity index is 632. The summed E-state index contributed by atoms with van der Waals surface area (Å²) in [7, 11) is 0. The van der Waals surface area contributed by atoms with Crippen LogP contribution in [0.5, 0.6) is 0 Å². The third kappa shape index (κ3) is 4.31. The van der Waals surface area contributed by atoms with E-state index < -0.39 is 5.60 Å². The van der Waals surface area contributed by atoms with E-state index in [1.165, 1.54) is 11.8 Å². The molecule has 2 aliphatic rings. The molecule has 7 heteroatoms. The van der Waals surface area contributed by atoms with E-state index in [0.29, 0.717) is 25.4 Å². The summed E-state index contributed by atoms with van der Waals surface area (Å²) in [6, 6.07) is 4.03. The topological polar surface area (TPSA) is 62.7 Å². The van der Waals surface area contributed by atoms with Gasteiger partial charge in [0.15, 0.2) is 0 Å². The summed E-state index contributed by atoms with van der Waals surface area (Å²) >= 11 is 1.53. The van der Waals surface area contributed by atoms with Crippen molar-refractivity contribution in [2.75, 3.05) is 25.4 Å². The Balaban J connectivity index is 1.49. The first-order valence-corrected chi connectivity index (χ1v) is 10.3. The lowest BCUT2D eigenvalue weighted by Gasteiger charge is -2.37. The molecule has 0 radical (unpaired) electrons. The highest BCUT2D eigenvalue weighted by Crippen LogP contribution is 2.35. The van der Waals surface area contributed by atoms with E-state index in [-0.39, 0.29) is 18.0 Å². The highest BCUT2D eigenvalue weighted by Gasteiger charge is 2.48. The minimum Gasteiger partial charge on any atom is -0.441 e. The number of likely N-dealkylation sites (tertiary alicyclic amines) is 1. The molecular formula is C19H27N3O3S. The van der Waals surface area contributed by atoms with Crippen molar-refractivity contribution in [3.63, 3.8) is 0 Å². The number of amides is 2. The lowest BCUT2D eigenvalue weighted by Crippen LogP contribution is -2.49. The van der Waals surface area contributed by atoms with Crippen LogP contribution in [-0.4, -0.2) is 63.8 Å². The number of thioether (sulfide) groups is 1. The number of carbonyl (C=O) groups excluding carboxylic acids is 2. The van der Waals surface area contributed by atoms with Crippen LogP contribution in [0.3, 0.4) is 0 Å². The molecule has 1 aromatic heterocycles. The van der Waals surface area contributed by atoms with Gasteiger partial charge in [-0.15, -0.1) is 11.8 Å². The van der Waals surface area contributed by atoms with Crippen molar-refractivity contribution in [1.29, 1.82) is 0 Å². The van der Waals surface area contributed by atoms with Gasteiger partial charge in [-0.1, -0.05) is 13.3 Å². The number of nitrogens with zero attached hydrogens (tertiary/aromatic N) is 3. The second kappa shape index (κ2) is 8.29. The number of ether oxygens (including phenoxy) is 1. The first-order chi connectivity index (χ1) is 12.5. The minimum atomic E-state index is -0.409. The van der Waals surface area contributed by atoms with Crippen LogP contribution < -0.4 is 0 Å². The first-order valence-electron chi connectivity index (χ1n) is 9.33. The summed E-state index contributed by atoms with van der Waals surface area (Å²) in [6.45, 7) is 6.17. The van der Waals surface area contributed by atoms with Crippen molar-refractivity contribution in [1.82, 2.24) is 14.8 Å². The van der Waals surface area contributed by atoms with Crippen LogP contribution in [0.2, 0.25) is 0 Å². The number of piperidine rings is 1.